The average Bonchev–Trinajstić information content (AvgIpc) is 3.37. The lowest BCUT2D eigenvalue weighted by atomic mass is 10.2. The molecule has 0 bridgehead atoms. The van der Waals surface area contributed by atoms with Gasteiger partial charge in [0.05, 0.1) is 24.0 Å². The third-order valence-corrected chi connectivity index (χ3v) is 6.15. The number of rotatable bonds is 5. The Morgan fingerprint density at radius 1 is 1.37 bits per heavy atom. The van der Waals surface area contributed by atoms with E-state index in [1.54, 1.807) is 29.7 Å². The molecule has 4 heterocycles. The Morgan fingerprint density at radius 3 is 2.93 bits per heavy atom. The Hall–Kier alpha value is -2.71. The summed E-state index contributed by atoms with van der Waals surface area (Å²) < 4.78 is 6.64. The van der Waals surface area contributed by atoms with Crippen LogP contribution >= 0.6 is 22.7 Å². The second kappa shape index (κ2) is 7.13. The Kier molecular flexibility index (Phi) is 4.67. The van der Waals surface area contributed by atoms with Gasteiger partial charge in [0.2, 0.25) is 5.91 Å². The fraction of sp³-hybridized carbons (Fsp3) is 0.211. The molecule has 1 atom stereocenters. The van der Waals surface area contributed by atoms with E-state index in [1.165, 1.54) is 27.1 Å². The predicted molar refractivity (Wildman–Crippen MR) is 107 cm³/mol. The van der Waals surface area contributed by atoms with E-state index in [0.29, 0.717) is 16.0 Å². The molecule has 0 aliphatic heterocycles. The van der Waals surface area contributed by atoms with Gasteiger partial charge in [-0.25, -0.2) is 4.98 Å². The van der Waals surface area contributed by atoms with Crippen LogP contribution in [0, 0.1) is 6.92 Å². The Bertz CT molecular complexity index is 1150. The summed E-state index contributed by atoms with van der Waals surface area (Å²) in [7, 11) is 0. The molecule has 4 rings (SSSR count). The van der Waals surface area contributed by atoms with Crippen molar-refractivity contribution in [1.29, 1.82) is 0 Å². The normalized spacial score (nSPS) is 12.4. The first kappa shape index (κ1) is 17.7. The van der Waals surface area contributed by atoms with E-state index in [4.69, 9.17) is 4.42 Å². The first-order chi connectivity index (χ1) is 13.0. The molecule has 4 aromatic rings. The van der Waals surface area contributed by atoms with Crippen molar-refractivity contribution in [1.82, 2.24) is 14.9 Å². The summed E-state index contributed by atoms with van der Waals surface area (Å²) in [6.45, 7) is 3.77. The fourth-order valence-electron chi connectivity index (χ4n) is 2.89. The lowest BCUT2D eigenvalue weighted by Crippen LogP contribution is -2.33. The van der Waals surface area contributed by atoms with Gasteiger partial charge < -0.3 is 9.73 Å². The van der Waals surface area contributed by atoms with E-state index in [9.17, 15) is 9.59 Å². The van der Waals surface area contributed by atoms with Crippen molar-refractivity contribution < 1.29 is 9.21 Å². The molecule has 0 radical (unpaired) electrons. The van der Waals surface area contributed by atoms with Crippen LogP contribution in [0.5, 0.6) is 0 Å². The van der Waals surface area contributed by atoms with E-state index < -0.39 is 0 Å². The quantitative estimate of drug-likeness (QED) is 0.551. The smallest absolute Gasteiger partial charge is 0.263 e. The number of nitrogens with zero attached hydrogens (tertiary/aromatic N) is 2. The lowest BCUT2D eigenvalue weighted by molar-refractivity contribution is -0.122. The maximum Gasteiger partial charge on any atom is 0.263 e. The Balaban J connectivity index is 1.62. The van der Waals surface area contributed by atoms with Gasteiger partial charge in [0, 0.05) is 20.7 Å². The molecule has 0 aromatic carbocycles. The summed E-state index contributed by atoms with van der Waals surface area (Å²) in [5.41, 5.74) is 0.674. The molecule has 0 aliphatic rings. The summed E-state index contributed by atoms with van der Waals surface area (Å²) in [6, 6.07) is 7.33. The Morgan fingerprint density at radius 2 is 2.22 bits per heavy atom. The molecule has 0 spiro atoms. The highest BCUT2D eigenvalue weighted by molar-refractivity contribution is 7.19. The number of amides is 1. The van der Waals surface area contributed by atoms with Gasteiger partial charge in [-0.3, -0.25) is 14.2 Å². The van der Waals surface area contributed by atoms with Gasteiger partial charge in [-0.05, 0) is 38.1 Å². The molecule has 8 heteroatoms. The summed E-state index contributed by atoms with van der Waals surface area (Å²) in [4.78, 5) is 32.6. The van der Waals surface area contributed by atoms with Crippen molar-refractivity contribution in [3.63, 3.8) is 0 Å². The molecule has 1 N–H and O–H groups in total. The molecule has 27 heavy (non-hydrogen) atoms. The van der Waals surface area contributed by atoms with Gasteiger partial charge in [-0.1, -0.05) is 0 Å². The topological polar surface area (TPSA) is 77.1 Å². The van der Waals surface area contributed by atoms with Crippen molar-refractivity contribution in [3.8, 4) is 10.4 Å². The highest BCUT2D eigenvalue weighted by Crippen LogP contribution is 2.34. The van der Waals surface area contributed by atoms with Gasteiger partial charge in [0.15, 0.2) is 0 Å². The van der Waals surface area contributed by atoms with Crippen molar-refractivity contribution in [2.24, 2.45) is 0 Å². The molecule has 6 nitrogen and oxygen atoms in total. The third-order valence-electron chi connectivity index (χ3n) is 4.23. The number of fused-ring (bicyclic) bond motifs is 1. The number of hydrogen-bond donors (Lipinski definition) is 1. The van der Waals surface area contributed by atoms with Gasteiger partial charge in [0.25, 0.3) is 5.56 Å². The maximum atomic E-state index is 13.0. The minimum Gasteiger partial charge on any atom is -0.467 e. The lowest BCUT2D eigenvalue weighted by Gasteiger charge is -2.12. The largest absolute Gasteiger partial charge is 0.467 e. The zero-order chi connectivity index (χ0) is 19.0. The number of aromatic nitrogens is 2. The molecule has 0 saturated heterocycles. The van der Waals surface area contributed by atoms with Crippen molar-refractivity contribution in [3.05, 3.63) is 63.2 Å². The van der Waals surface area contributed by atoms with Crippen molar-refractivity contribution in [2.75, 3.05) is 0 Å². The van der Waals surface area contributed by atoms with E-state index in [2.05, 4.69) is 10.3 Å². The molecule has 138 valence electrons. The van der Waals surface area contributed by atoms with Crippen LogP contribution in [0.2, 0.25) is 0 Å². The molecular formula is C19H17N3O3S2. The number of carbonyl (C=O) groups is 1. The first-order valence-electron chi connectivity index (χ1n) is 8.39. The van der Waals surface area contributed by atoms with Crippen molar-refractivity contribution in [2.45, 2.75) is 26.4 Å². The summed E-state index contributed by atoms with van der Waals surface area (Å²) in [5, 5.41) is 5.35. The van der Waals surface area contributed by atoms with Crippen LogP contribution in [0.25, 0.3) is 20.7 Å². The SMILES string of the molecule is Cc1ccc(-c2csc3ncn(CC(=O)N[C@@H](C)c4ccco4)c(=O)c23)s1. The zero-order valence-electron chi connectivity index (χ0n) is 14.8. The number of aryl methyl sites for hydroxylation is 1. The Labute approximate surface area is 163 Å². The molecule has 0 unspecified atom stereocenters. The molecule has 0 fully saturated rings. The highest BCUT2D eigenvalue weighted by Gasteiger charge is 2.17. The molecule has 4 aromatic heterocycles. The van der Waals surface area contributed by atoms with E-state index in [-0.39, 0.29) is 24.1 Å². The number of nitrogens with one attached hydrogen (secondary N) is 1. The second-order valence-corrected chi connectivity index (χ2v) is 8.37. The van der Waals surface area contributed by atoms with Crippen molar-refractivity contribution >= 4 is 38.8 Å². The molecule has 0 aliphatic carbocycles. The van der Waals surface area contributed by atoms with Crippen LogP contribution in [-0.4, -0.2) is 15.5 Å². The summed E-state index contributed by atoms with van der Waals surface area (Å²) in [6.07, 6.45) is 2.99. The summed E-state index contributed by atoms with van der Waals surface area (Å²) >= 11 is 3.07. The monoisotopic (exact) mass is 399 g/mol. The van der Waals surface area contributed by atoms with Gasteiger partial charge >= 0.3 is 0 Å². The zero-order valence-corrected chi connectivity index (χ0v) is 16.4. The van der Waals surface area contributed by atoms with Gasteiger partial charge in [0.1, 0.15) is 17.1 Å². The fourth-order valence-corrected chi connectivity index (χ4v) is 4.75. The molecular weight excluding hydrogens is 382 g/mol. The average molecular weight is 399 g/mol. The second-order valence-electron chi connectivity index (χ2n) is 6.22. The van der Waals surface area contributed by atoms with Crippen LogP contribution in [0.15, 0.2) is 51.4 Å². The minimum absolute atomic E-state index is 0.0917. The third kappa shape index (κ3) is 3.45. The van der Waals surface area contributed by atoms with Crippen LogP contribution in [0.3, 0.4) is 0 Å². The minimum atomic E-state index is -0.273. The van der Waals surface area contributed by atoms with E-state index in [0.717, 1.165) is 10.4 Å². The van der Waals surface area contributed by atoms with Crippen LogP contribution in [0.4, 0.5) is 0 Å². The number of thiophene rings is 2. The van der Waals surface area contributed by atoms with E-state index in [1.807, 2.05) is 31.4 Å². The van der Waals surface area contributed by atoms with Gasteiger partial charge in [-0.2, -0.15) is 0 Å². The predicted octanol–water partition coefficient (Wildman–Crippen LogP) is 3.97. The first-order valence-corrected chi connectivity index (χ1v) is 10.1. The molecule has 0 saturated carbocycles. The molecule has 1 amide bonds. The maximum absolute atomic E-state index is 13.0. The number of hydrogen-bond acceptors (Lipinski definition) is 6. The van der Waals surface area contributed by atoms with Gasteiger partial charge in [-0.15, -0.1) is 22.7 Å². The van der Waals surface area contributed by atoms with Crippen LogP contribution < -0.4 is 10.9 Å². The number of furan rings is 1. The number of carbonyl (C=O) groups excluding carboxylic acids is 1. The van der Waals surface area contributed by atoms with Crippen LogP contribution in [0.1, 0.15) is 23.6 Å². The highest BCUT2D eigenvalue weighted by atomic mass is 32.1. The standard InChI is InChI=1S/C19H17N3O3S2/c1-11-5-6-15(27-11)13-9-26-18-17(13)19(24)22(10-20-18)8-16(23)21-12(2)14-4-3-7-25-14/h3-7,9-10,12H,8H2,1-2H3,(H,21,23)/t12-/m0/s1. The summed E-state index contributed by atoms with van der Waals surface area (Å²) in [5.74, 6) is 0.392. The van der Waals surface area contributed by atoms with E-state index >= 15 is 0 Å². The van der Waals surface area contributed by atoms with Crippen LogP contribution in [-0.2, 0) is 11.3 Å².